The molecular formula is C16H22N2O. The van der Waals surface area contributed by atoms with E-state index in [9.17, 15) is 0 Å². The van der Waals surface area contributed by atoms with E-state index in [1.807, 2.05) is 6.07 Å². The van der Waals surface area contributed by atoms with E-state index < -0.39 is 0 Å². The lowest BCUT2D eigenvalue weighted by molar-refractivity contribution is 0.460. The van der Waals surface area contributed by atoms with Crippen LogP contribution < -0.4 is 10.2 Å². The van der Waals surface area contributed by atoms with Crippen molar-refractivity contribution >= 4 is 5.69 Å². The van der Waals surface area contributed by atoms with Crippen LogP contribution in [0.3, 0.4) is 0 Å². The second-order valence-corrected chi connectivity index (χ2v) is 5.10. The molecule has 0 spiro atoms. The van der Waals surface area contributed by atoms with E-state index in [-0.39, 0.29) is 0 Å². The van der Waals surface area contributed by atoms with E-state index in [4.69, 9.17) is 4.42 Å². The Morgan fingerprint density at radius 2 is 1.89 bits per heavy atom. The van der Waals surface area contributed by atoms with Gasteiger partial charge in [-0.15, -0.1) is 0 Å². The number of benzene rings is 1. The molecule has 3 heteroatoms. The number of furan rings is 1. The van der Waals surface area contributed by atoms with Crippen molar-refractivity contribution in [3.63, 3.8) is 0 Å². The summed E-state index contributed by atoms with van der Waals surface area (Å²) in [6, 6.07) is 12.9. The Hall–Kier alpha value is -1.74. The van der Waals surface area contributed by atoms with Crippen molar-refractivity contribution in [2.75, 3.05) is 11.9 Å². The summed E-state index contributed by atoms with van der Waals surface area (Å²) in [4.78, 5) is 2.23. The van der Waals surface area contributed by atoms with Gasteiger partial charge in [-0.2, -0.15) is 0 Å². The van der Waals surface area contributed by atoms with Gasteiger partial charge in [0.2, 0.25) is 0 Å². The first-order valence-corrected chi connectivity index (χ1v) is 6.71. The summed E-state index contributed by atoms with van der Waals surface area (Å²) < 4.78 is 5.56. The molecule has 2 rings (SSSR count). The van der Waals surface area contributed by atoms with Crippen molar-refractivity contribution in [1.82, 2.24) is 5.32 Å². The SMILES string of the molecule is CC(C)NCc1occc1CN(C)c1ccccc1. The van der Waals surface area contributed by atoms with Gasteiger partial charge in [0.15, 0.2) is 0 Å². The molecule has 2 aromatic rings. The molecule has 0 radical (unpaired) electrons. The third-order valence-electron chi connectivity index (χ3n) is 3.11. The van der Waals surface area contributed by atoms with Crippen molar-refractivity contribution in [1.29, 1.82) is 0 Å². The lowest BCUT2D eigenvalue weighted by Crippen LogP contribution is -2.23. The lowest BCUT2D eigenvalue weighted by atomic mass is 10.2. The standard InChI is InChI=1S/C16H22N2O/c1-13(2)17-11-16-14(9-10-19-16)12-18(3)15-7-5-4-6-8-15/h4-10,13,17H,11-12H2,1-3H3. The summed E-state index contributed by atoms with van der Waals surface area (Å²) in [6.45, 7) is 5.91. The quantitative estimate of drug-likeness (QED) is 0.860. The van der Waals surface area contributed by atoms with Crippen LogP contribution in [0.5, 0.6) is 0 Å². The summed E-state index contributed by atoms with van der Waals surface area (Å²) >= 11 is 0. The summed E-state index contributed by atoms with van der Waals surface area (Å²) in [5, 5.41) is 3.39. The smallest absolute Gasteiger partial charge is 0.122 e. The van der Waals surface area contributed by atoms with Crippen LogP contribution in [-0.4, -0.2) is 13.1 Å². The first kappa shape index (κ1) is 13.7. The maximum atomic E-state index is 5.56. The minimum absolute atomic E-state index is 0.463. The molecule has 0 aliphatic carbocycles. The Labute approximate surface area is 115 Å². The fraction of sp³-hybridized carbons (Fsp3) is 0.375. The zero-order valence-corrected chi connectivity index (χ0v) is 11.9. The molecule has 102 valence electrons. The fourth-order valence-electron chi connectivity index (χ4n) is 1.99. The van der Waals surface area contributed by atoms with Gasteiger partial charge in [-0.1, -0.05) is 32.0 Å². The number of nitrogens with zero attached hydrogens (tertiary/aromatic N) is 1. The molecule has 0 aliphatic rings. The molecule has 19 heavy (non-hydrogen) atoms. The van der Waals surface area contributed by atoms with Gasteiger partial charge in [0.25, 0.3) is 0 Å². The predicted octanol–water partition coefficient (Wildman–Crippen LogP) is 3.41. The number of anilines is 1. The Morgan fingerprint density at radius 3 is 2.58 bits per heavy atom. The molecule has 3 nitrogen and oxygen atoms in total. The lowest BCUT2D eigenvalue weighted by Gasteiger charge is -2.19. The number of para-hydroxylation sites is 1. The van der Waals surface area contributed by atoms with E-state index in [0.717, 1.165) is 18.8 Å². The second-order valence-electron chi connectivity index (χ2n) is 5.10. The molecule has 0 saturated carbocycles. The average Bonchev–Trinajstić information content (AvgIpc) is 2.84. The van der Waals surface area contributed by atoms with Crippen LogP contribution >= 0.6 is 0 Å². The Kier molecular flexibility index (Phi) is 4.63. The molecule has 0 fully saturated rings. The first-order chi connectivity index (χ1) is 9.16. The summed E-state index contributed by atoms with van der Waals surface area (Å²) in [5.74, 6) is 1.02. The minimum Gasteiger partial charge on any atom is -0.468 e. The maximum absolute atomic E-state index is 5.56. The normalized spacial score (nSPS) is 10.9. The third kappa shape index (κ3) is 3.86. The van der Waals surface area contributed by atoms with E-state index >= 15 is 0 Å². The van der Waals surface area contributed by atoms with Gasteiger partial charge in [-0.25, -0.2) is 0 Å². The Balaban J connectivity index is 2.01. The minimum atomic E-state index is 0.463. The number of rotatable bonds is 6. The summed E-state index contributed by atoms with van der Waals surface area (Å²) in [5.41, 5.74) is 2.45. The van der Waals surface area contributed by atoms with Gasteiger partial charge >= 0.3 is 0 Å². The number of nitrogens with one attached hydrogen (secondary N) is 1. The summed E-state index contributed by atoms with van der Waals surface area (Å²) in [7, 11) is 2.10. The van der Waals surface area contributed by atoms with Crippen LogP contribution in [-0.2, 0) is 13.1 Å². The van der Waals surface area contributed by atoms with Crippen molar-refractivity contribution in [3.8, 4) is 0 Å². The van der Waals surface area contributed by atoms with Crippen LogP contribution in [0, 0.1) is 0 Å². The third-order valence-corrected chi connectivity index (χ3v) is 3.11. The highest BCUT2D eigenvalue weighted by Gasteiger charge is 2.09. The molecule has 1 N–H and O–H groups in total. The summed E-state index contributed by atoms with van der Waals surface area (Å²) in [6.07, 6.45) is 1.77. The molecule has 0 saturated heterocycles. The van der Waals surface area contributed by atoms with Gasteiger partial charge in [0, 0.05) is 30.9 Å². The van der Waals surface area contributed by atoms with Gasteiger partial charge in [-0.05, 0) is 18.2 Å². The zero-order valence-electron chi connectivity index (χ0n) is 11.9. The van der Waals surface area contributed by atoms with Crippen LogP contribution in [0.2, 0.25) is 0 Å². The van der Waals surface area contributed by atoms with Gasteiger partial charge in [0.05, 0.1) is 12.8 Å². The topological polar surface area (TPSA) is 28.4 Å². The van der Waals surface area contributed by atoms with Crippen molar-refractivity contribution < 1.29 is 4.42 Å². The van der Waals surface area contributed by atoms with Crippen LogP contribution in [0.15, 0.2) is 47.1 Å². The highest BCUT2D eigenvalue weighted by molar-refractivity contribution is 5.45. The number of hydrogen-bond acceptors (Lipinski definition) is 3. The Bertz CT molecular complexity index is 490. The van der Waals surface area contributed by atoms with Gasteiger partial charge < -0.3 is 14.6 Å². The van der Waals surface area contributed by atoms with Gasteiger partial charge in [-0.3, -0.25) is 0 Å². The van der Waals surface area contributed by atoms with Crippen LogP contribution in [0.25, 0.3) is 0 Å². The van der Waals surface area contributed by atoms with E-state index in [2.05, 4.69) is 61.4 Å². The molecule has 1 heterocycles. The van der Waals surface area contributed by atoms with Crippen molar-refractivity contribution in [2.24, 2.45) is 0 Å². The highest BCUT2D eigenvalue weighted by atomic mass is 16.3. The van der Waals surface area contributed by atoms with Crippen LogP contribution in [0.4, 0.5) is 5.69 Å². The molecule has 0 amide bonds. The second kappa shape index (κ2) is 6.43. The van der Waals surface area contributed by atoms with Gasteiger partial charge in [0.1, 0.15) is 5.76 Å². The predicted molar refractivity (Wildman–Crippen MR) is 79.2 cm³/mol. The monoisotopic (exact) mass is 258 g/mol. The molecule has 0 aliphatic heterocycles. The van der Waals surface area contributed by atoms with Crippen LogP contribution in [0.1, 0.15) is 25.2 Å². The highest BCUT2D eigenvalue weighted by Crippen LogP contribution is 2.18. The number of hydrogen-bond donors (Lipinski definition) is 1. The maximum Gasteiger partial charge on any atom is 0.122 e. The molecule has 0 atom stereocenters. The van der Waals surface area contributed by atoms with Crippen molar-refractivity contribution in [2.45, 2.75) is 33.0 Å². The molecule has 0 unspecified atom stereocenters. The molecule has 1 aromatic carbocycles. The van der Waals surface area contributed by atoms with E-state index in [0.29, 0.717) is 6.04 Å². The molecular weight excluding hydrogens is 236 g/mol. The van der Waals surface area contributed by atoms with E-state index in [1.165, 1.54) is 11.3 Å². The largest absolute Gasteiger partial charge is 0.468 e. The molecule has 1 aromatic heterocycles. The first-order valence-electron chi connectivity index (χ1n) is 6.71. The fourth-order valence-corrected chi connectivity index (χ4v) is 1.99. The zero-order chi connectivity index (χ0) is 13.7. The average molecular weight is 258 g/mol. The van der Waals surface area contributed by atoms with Crippen molar-refractivity contribution in [3.05, 3.63) is 54.0 Å². The molecule has 0 bridgehead atoms. The Morgan fingerprint density at radius 1 is 1.16 bits per heavy atom. The van der Waals surface area contributed by atoms with E-state index in [1.54, 1.807) is 6.26 Å².